The van der Waals surface area contributed by atoms with Gasteiger partial charge in [-0.05, 0) is 55.6 Å². The molecule has 0 bridgehead atoms. The van der Waals surface area contributed by atoms with Crippen LogP contribution >= 0.6 is 31.9 Å². The van der Waals surface area contributed by atoms with Gasteiger partial charge >= 0.3 is 0 Å². The van der Waals surface area contributed by atoms with E-state index in [1.165, 1.54) is 0 Å². The maximum atomic E-state index is 12.1. The van der Waals surface area contributed by atoms with Gasteiger partial charge in [-0.25, -0.2) is 0 Å². The van der Waals surface area contributed by atoms with Crippen molar-refractivity contribution in [2.45, 2.75) is 6.42 Å². The molecule has 0 unspecified atom stereocenters. The SMILES string of the molecule is COc1cc(NC(=O)Cc2cccc(N)c2)c(Br)cc1Br. The Morgan fingerprint density at radius 2 is 2.00 bits per heavy atom. The number of hydrogen-bond acceptors (Lipinski definition) is 3. The normalized spacial score (nSPS) is 10.2. The Morgan fingerprint density at radius 3 is 2.67 bits per heavy atom. The second-order valence-electron chi connectivity index (χ2n) is 4.44. The molecule has 21 heavy (non-hydrogen) atoms. The summed E-state index contributed by atoms with van der Waals surface area (Å²) in [5.41, 5.74) is 7.87. The van der Waals surface area contributed by atoms with Gasteiger partial charge in [-0.1, -0.05) is 12.1 Å². The minimum absolute atomic E-state index is 0.120. The number of halogens is 2. The summed E-state index contributed by atoms with van der Waals surface area (Å²) in [4.78, 5) is 12.1. The molecule has 0 radical (unpaired) electrons. The van der Waals surface area contributed by atoms with E-state index >= 15 is 0 Å². The summed E-state index contributed by atoms with van der Waals surface area (Å²) in [6.07, 6.45) is 0.260. The highest BCUT2D eigenvalue weighted by molar-refractivity contribution is 9.11. The molecule has 3 N–H and O–H groups in total. The standard InChI is InChI=1S/C15H14Br2N2O2/c1-21-14-8-13(11(16)7-12(14)17)19-15(20)6-9-3-2-4-10(18)5-9/h2-5,7-8H,6,18H2,1H3,(H,19,20). The molecule has 0 aromatic heterocycles. The maximum Gasteiger partial charge on any atom is 0.228 e. The van der Waals surface area contributed by atoms with Crippen LogP contribution in [0.4, 0.5) is 11.4 Å². The molecule has 0 saturated carbocycles. The van der Waals surface area contributed by atoms with Gasteiger partial charge in [0, 0.05) is 16.2 Å². The van der Waals surface area contributed by atoms with E-state index in [1.807, 2.05) is 18.2 Å². The van der Waals surface area contributed by atoms with Crippen molar-refractivity contribution in [2.75, 3.05) is 18.2 Å². The van der Waals surface area contributed by atoms with Crippen molar-refractivity contribution in [1.29, 1.82) is 0 Å². The highest BCUT2D eigenvalue weighted by Gasteiger charge is 2.10. The fraction of sp³-hybridized carbons (Fsp3) is 0.133. The molecule has 2 aromatic rings. The monoisotopic (exact) mass is 412 g/mol. The Labute approximate surface area is 139 Å². The van der Waals surface area contributed by atoms with Gasteiger partial charge in [0.2, 0.25) is 5.91 Å². The summed E-state index contributed by atoms with van der Waals surface area (Å²) < 4.78 is 6.81. The molecule has 0 atom stereocenters. The number of benzene rings is 2. The van der Waals surface area contributed by atoms with E-state index in [0.717, 1.165) is 14.5 Å². The van der Waals surface area contributed by atoms with Crippen molar-refractivity contribution < 1.29 is 9.53 Å². The largest absolute Gasteiger partial charge is 0.495 e. The van der Waals surface area contributed by atoms with E-state index in [0.29, 0.717) is 17.1 Å². The van der Waals surface area contributed by atoms with Gasteiger partial charge in [-0.3, -0.25) is 4.79 Å². The number of hydrogen-bond donors (Lipinski definition) is 2. The molecule has 0 aliphatic rings. The number of carbonyl (C=O) groups is 1. The smallest absolute Gasteiger partial charge is 0.228 e. The van der Waals surface area contributed by atoms with Gasteiger partial charge < -0.3 is 15.8 Å². The van der Waals surface area contributed by atoms with Crippen LogP contribution in [-0.4, -0.2) is 13.0 Å². The third-order valence-corrected chi connectivity index (χ3v) is 4.11. The molecule has 0 fully saturated rings. The Bertz CT molecular complexity index is 675. The predicted octanol–water partition coefficient (Wildman–Crippen LogP) is 3.98. The molecule has 0 spiro atoms. The van der Waals surface area contributed by atoms with E-state index in [2.05, 4.69) is 37.2 Å². The second-order valence-corrected chi connectivity index (χ2v) is 6.15. The summed E-state index contributed by atoms with van der Waals surface area (Å²) in [5.74, 6) is 0.531. The van der Waals surface area contributed by atoms with Crippen LogP contribution in [0.2, 0.25) is 0 Å². The van der Waals surface area contributed by atoms with Crippen LogP contribution in [-0.2, 0) is 11.2 Å². The second kappa shape index (κ2) is 6.95. The highest BCUT2D eigenvalue weighted by Crippen LogP contribution is 2.34. The van der Waals surface area contributed by atoms with E-state index in [1.54, 1.807) is 25.3 Å². The molecular formula is C15H14Br2N2O2. The Morgan fingerprint density at radius 1 is 1.24 bits per heavy atom. The number of nitrogen functional groups attached to an aromatic ring is 1. The van der Waals surface area contributed by atoms with Crippen LogP contribution < -0.4 is 15.8 Å². The summed E-state index contributed by atoms with van der Waals surface area (Å²) in [7, 11) is 1.58. The van der Waals surface area contributed by atoms with E-state index in [4.69, 9.17) is 10.5 Å². The zero-order valence-electron chi connectivity index (χ0n) is 11.3. The molecule has 2 aromatic carbocycles. The fourth-order valence-electron chi connectivity index (χ4n) is 1.86. The first-order valence-electron chi connectivity index (χ1n) is 6.17. The summed E-state index contributed by atoms with van der Waals surface area (Å²) in [6, 6.07) is 10.9. The molecule has 0 aliphatic heterocycles. The average Bonchev–Trinajstić information content (AvgIpc) is 2.41. The van der Waals surface area contributed by atoms with Gasteiger partial charge in [0.05, 0.1) is 23.7 Å². The Kier molecular flexibility index (Phi) is 5.25. The van der Waals surface area contributed by atoms with Crippen molar-refractivity contribution in [2.24, 2.45) is 0 Å². The van der Waals surface area contributed by atoms with Crippen molar-refractivity contribution >= 4 is 49.1 Å². The quantitative estimate of drug-likeness (QED) is 0.745. The van der Waals surface area contributed by atoms with Gasteiger partial charge in [-0.2, -0.15) is 0 Å². The highest BCUT2D eigenvalue weighted by atomic mass is 79.9. The summed E-state index contributed by atoms with van der Waals surface area (Å²) in [5, 5.41) is 2.85. The van der Waals surface area contributed by atoms with Crippen LogP contribution in [0.5, 0.6) is 5.75 Å². The molecule has 0 saturated heterocycles. The molecule has 1 amide bonds. The molecule has 0 heterocycles. The van der Waals surface area contributed by atoms with Gasteiger partial charge in [0.1, 0.15) is 5.75 Å². The molecular weight excluding hydrogens is 400 g/mol. The number of rotatable bonds is 4. The summed E-state index contributed by atoms with van der Waals surface area (Å²) >= 11 is 6.80. The van der Waals surface area contributed by atoms with Crippen LogP contribution in [0.15, 0.2) is 45.3 Å². The van der Waals surface area contributed by atoms with E-state index < -0.39 is 0 Å². The van der Waals surface area contributed by atoms with Crippen molar-refractivity contribution in [3.05, 3.63) is 50.9 Å². The lowest BCUT2D eigenvalue weighted by atomic mass is 10.1. The number of anilines is 2. The number of nitrogens with two attached hydrogens (primary N) is 1. The van der Waals surface area contributed by atoms with Gasteiger partial charge in [-0.15, -0.1) is 0 Å². The summed E-state index contributed by atoms with van der Waals surface area (Å²) in [6.45, 7) is 0. The maximum absolute atomic E-state index is 12.1. The van der Waals surface area contributed by atoms with E-state index in [9.17, 15) is 4.79 Å². The lowest BCUT2D eigenvalue weighted by Gasteiger charge is -2.11. The van der Waals surface area contributed by atoms with E-state index in [-0.39, 0.29) is 12.3 Å². The third kappa shape index (κ3) is 4.22. The minimum Gasteiger partial charge on any atom is -0.495 e. The zero-order chi connectivity index (χ0) is 15.4. The number of amides is 1. The first kappa shape index (κ1) is 15.9. The topological polar surface area (TPSA) is 64.3 Å². The van der Waals surface area contributed by atoms with Gasteiger partial charge in [0.15, 0.2) is 0 Å². The Hall–Kier alpha value is -1.53. The van der Waals surface area contributed by atoms with Crippen LogP contribution in [0, 0.1) is 0 Å². The lowest BCUT2D eigenvalue weighted by molar-refractivity contribution is -0.115. The first-order chi connectivity index (χ1) is 9.99. The number of ether oxygens (including phenoxy) is 1. The van der Waals surface area contributed by atoms with Crippen LogP contribution in [0.3, 0.4) is 0 Å². The van der Waals surface area contributed by atoms with Crippen LogP contribution in [0.1, 0.15) is 5.56 Å². The molecule has 110 valence electrons. The first-order valence-corrected chi connectivity index (χ1v) is 7.75. The molecule has 2 rings (SSSR count). The number of nitrogens with one attached hydrogen (secondary N) is 1. The van der Waals surface area contributed by atoms with Crippen molar-refractivity contribution in [3.8, 4) is 5.75 Å². The van der Waals surface area contributed by atoms with Crippen molar-refractivity contribution in [3.63, 3.8) is 0 Å². The minimum atomic E-state index is -0.120. The van der Waals surface area contributed by atoms with Crippen LogP contribution in [0.25, 0.3) is 0 Å². The fourth-order valence-corrected chi connectivity index (χ4v) is 3.12. The average molecular weight is 414 g/mol. The molecule has 4 nitrogen and oxygen atoms in total. The van der Waals surface area contributed by atoms with Crippen molar-refractivity contribution in [1.82, 2.24) is 0 Å². The number of carbonyl (C=O) groups excluding carboxylic acids is 1. The predicted molar refractivity (Wildman–Crippen MR) is 91.6 cm³/mol. The Balaban J connectivity index is 2.12. The molecule has 6 heteroatoms. The third-order valence-electron chi connectivity index (χ3n) is 2.83. The zero-order valence-corrected chi connectivity index (χ0v) is 14.5. The lowest BCUT2D eigenvalue weighted by Crippen LogP contribution is -2.15. The number of methoxy groups -OCH3 is 1. The molecule has 0 aliphatic carbocycles. The van der Waals surface area contributed by atoms with Gasteiger partial charge in [0.25, 0.3) is 0 Å².